The van der Waals surface area contributed by atoms with Gasteiger partial charge in [-0.1, -0.05) is 30.3 Å². The van der Waals surface area contributed by atoms with Crippen molar-refractivity contribution in [3.05, 3.63) is 66.1 Å². The molecule has 0 aliphatic heterocycles. The van der Waals surface area contributed by atoms with Gasteiger partial charge in [-0.3, -0.25) is 4.90 Å². The van der Waals surface area contributed by atoms with Crippen LogP contribution in [-0.2, 0) is 13.1 Å². The SMILES string of the molecule is CN(Cc1ccc(OC2CCCC2)cc1)Cc1nnc(-c2ccccc2)o1. The molecule has 5 heteroatoms. The molecule has 27 heavy (non-hydrogen) atoms. The zero-order valence-electron chi connectivity index (χ0n) is 15.7. The van der Waals surface area contributed by atoms with Crippen molar-refractivity contribution in [3.63, 3.8) is 0 Å². The second-order valence-corrected chi connectivity index (χ2v) is 7.21. The van der Waals surface area contributed by atoms with Crippen molar-refractivity contribution in [2.75, 3.05) is 7.05 Å². The summed E-state index contributed by atoms with van der Waals surface area (Å²) in [4.78, 5) is 2.16. The van der Waals surface area contributed by atoms with Gasteiger partial charge in [0, 0.05) is 12.1 Å². The predicted molar refractivity (Wildman–Crippen MR) is 104 cm³/mol. The van der Waals surface area contributed by atoms with Gasteiger partial charge in [0.2, 0.25) is 11.8 Å². The molecule has 0 atom stereocenters. The van der Waals surface area contributed by atoms with Crippen molar-refractivity contribution >= 4 is 0 Å². The van der Waals surface area contributed by atoms with Crippen LogP contribution < -0.4 is 4.74 Å². The molecule has 1 aliphatic rings. The predicted octanol–water partition coefficient (Wildman–Crippen LogP) is 4.69. The van der Waals surface area contributed by atoms with Crippen LogP contribution in [0.1, 0.15) is 37.1 Å². The van der Waals surface area contributed by atoms with E-state index in [2.05, 4.69) is 46.4 Å². The first-order chi connectivity index (χ1) is 13.3. The largest absolute Gasteiger partial charge is 0.490 e. The molecule has 0 amide bonds. The van der Waals surface area contributed by atoms with Crippen molar-refractivity contribution in [1.29, 1.82) is 0 Å². The molecule has 140 valence electrons. The van der Waals surface area contributed by atoms with E-state index in [1.54, 1.807) is 0 Å². The normalized spacial score (nSPS) is 14.7. The first-order valence-electron chi connectivity index (χ1n) is 9.58. The minimum atomic E-state index is 0.398. The lowest BCUT2D eigenvalue weighted by molar-refractivity contribution is 0.210. The maximum absolute atomic E-state index is 6.03. The Morgan fingerprint density at radius 2 is 1.70 bits per heavy atom. The highest BCUT2D eigenvalue weighted by molar-refractivity contribution is 5.51. The van der Waals surface area contributed by atoms with Gasteiger partial charge in [0.05, 0.1) is 12.6 Å². The van der Waals surface area contributed by atoms with E-state index in [1.807, 2.05) is 30.3 Å². The third-order valence-corrected chi connectivity index (χ3v) is 4.87. The Kier molecular flexibility index (Phi) is 5.49. The fourth-order valence-electron chi connectivity index (χ4n) is 3.49. The van der Waals surface area contributed by atoms with Gasteiger partial charge in [0.1, 0.15) is 5.75 Å². The highest BCUT2D eigenvalue weighted by Crippen LogP contribution is 2.24. The number of ether oxygens (including phenoxy) is 1. The topological polar surface area (TPSA) is 51.4 Å². The van der Waals surface area contributed by atoms with Gasteiger partial charge in [0.15, 0.2) is 0 Å². The Labute approximate surface area is 160 Å². The number of hydrogen-bond acceptors (Lipinski definition) is 5. The molecule has 5 nitrogen and oxygen atoms in total. The summed E-state index contributed by atoms with van der Waals surface area (Å²) in [5.41, 5.74) is 2.18. The van der Waals surface area contributed by atoms with Crippen molar-refractivity contribution in [2.45, 2.75) is 44.9 Å². The van der Waals surface area contributed by atoms with Crippen LogP contribution in [0.25, 0.3) is 11.5 Å². The fourth-order valence-corrected chi connectivity index (χ4v) is 3.49. The Bertz CT molecular complexity index is 840. The smallest absolute Gasteiger partial charge is 0.247 e. The van der Waals surface area contributed by atoms with E-state index in [0.29, 0.717) is 24.4 Å². The third-order valence-electron chi connectivity index (χ3n) is 4.87. The molecule has 2 aromatic carbocycles. The molecule has 1 saturated carbocycles. The number of benzene rings is 2. The second-order valence-electron chi connectivity index (χ2n) is 7.21. The van der Waals surface area contributed by atoms with Gasteiger partial charge in [-0.25, -0.2) is 0 Å². The first-order valence-corrected chi connectivity index (χ1v) is 9.58. The van der Waals surface area contributed by atoms with E-state index in [1.165, 1.54) is 31.2 Å². The highest BCUT2D eigenvalue weighted by atomic mass is 16.5. The van der Waals surface area contributed by atoms with Crippen LogP contribution in [-0.4, -0.2) is 28.2 Å². The molecule has 1 aliphatic carbocycles. The molecule has 1 aromatic heterocycles. The van der Waals surface area contributed by atoms with Gasteiger partial charge in [-0.05, 0) is 62.6 Å². The van der Waals surface area contributed by atoms with Crippen LogP contribution in [0.5, 0.6) is 5.75 Å². The Hall–Kier alpha value is -2.66. The Morgan fingerprint density at radius 1 is 0.963 bits per heavy atom. The summed E-state index contributed by atoms with van der Waals surface area (Å²) in [6.45, 7) is 1.42. The first kappa shape index (κ1) is 17.7. The summed E-state index contributed by atoms with van der Waals surface area (Å²) >= 11 is 0. The minimum absolute atomic E-state index is 0.398. The van der Waals surface area contributed by atoms with E-state index in [9.17, 15) is 0 Å². The van der Waals surface area contributed by atoms with Gasteiger partial charge >= 0.3 is 0 Å². The van der Waals surface area contributed by atoms with Crippen LogP contribution >= 0.6 is 0 Å². The Balaban J connectivity index is 1.31. The lowest BCUT2D eigenvalue weighted by Crippen LogP contribution is -2.17. The highest BCUT2D eigenvalue weighted by Gasteiger charge is 2.16. The molecule has 3 aromatic rings. The van der Waals surface area contributed by atoms with Crippen molar-refractivity contribution in [3.8, 4) is 17.2 Å². The van der Waals surface area contributed by atoms with Crippen LogP contribution in [0.3, 0.4) is 0 Å². The summed E-state index contributed by atoms with van der Waals surface area (Å²) in [7, 11) is 2.05. The molecule has 0 radical (unpaired) electrons. The standard InChI is InChI=1S/C22H25N3O2/c1-25(16-21-23-24-22(27-21)18-7-3-2-4-8-18)15-17-11-13-20(14-12-17)26-19-9-5-6-10-19/h2-4,7-8,11-14,19H,5-6,9-10,15-16H2,1H3. The fraction of sp³-hybridized carbons (Fsp3) is 0.364. The van der Waals surface area contributed by atoms with Crippen LogP contribution in [0.2, 0.25) is 0 Å². The van der Waals surface area contributed by atoms with Crippen LogP contribution in [0.4, 0.5) is 0 Å². The zero-order valence-corrected chi connectivity index (χ0v) is 15.7. The summed E-state index contributed by atoms with van der Waals surface area (Å²) < 4.78 is 11.8. The van der Waals surface area contributed by atoms with Crippen LogP contribution in [0.15, 0.2) is 59.0 Å². The van der Waals surface area contributed by atoms with Crippen LogP contribution in [0, 0.1) is 0 Å². The lowest BCUT2D eigenvalue weighted by atomic mass is 10.2. The van der Waals surface area contributed by atoms with Gasteiger partial charge in [0.25, 0.3) is 0 Å². The maximum Gasteiger partial charge on any atom is 0.247 e. The molecular weight excluding hydrogens is 338 g/mol. The molecule has 0 N–H and O–H groups in total. The van der Waals surface area contributed by atoms with Gasteiger partial charge < -0.3 is 9.15 Å². The summed E-state index contributed by atoms with van der Waals surface area (Å²) in [6, 6.07) is 18.2. The molecule has 1 heterocycles. The van der Waals surface area contributed by atoms with Crippen molar-refractivity contribution in [1.82, 2.24) is 15.1 Å². The summed E-state index contributed by atoms with van der Waals surface area (Å²) in [6.07, 6.45) is 5.33. The zero-order chi connectivity index (χ0) is 18.5. The maximum atomic E-state index is 6.03. The number of nitrogens with zero attached hydrogens (tertiary/aromatic N) is 3. The third kappa shape index (κ3) is 4.74. The quantitative estimate of drug-likeness (QED) is 0.609. The van der Waals surface area contributed by atoms with Gasteiger partial charge in [-0.15, -0.1) is 10.2 Å². The molecule has 1 fully saturated rings. The van der Waals surface area contributed by atoms with E-state index in [0.717, 1.165) is 17.9 Å². The lowest BCUT2D eigenvalue weighted by Gasteiger charge is -2.16. The van der Waals surface area contributed by atoms with E-state index >= 15 is 0 Å². The number of hydrogen-bond donors (Lipinski definition) is 0. The molecule has 0 spiro atoms. The molecule has 4 rings (SSSR count). The van der Waals surface area contributed by atoms with E-state index in [4.69, 9.17) is 9.15 Å². The Morgan fingerprint density at radius 3 is 2.44 bits per heavy atom. The monoisotopic (exact) mass is 363 g/mol. The second kappa shape index (κ2) is 8.35. The van der Waals surface area contributed by atoms with E-state index in [-0.39, 0.29) is 0 Å². The summed E-state index contributed by atoms with van der Waals surface area (Å²) in [5, 5.41) is 8.31. The molecule has 0 bridgehead atoms. The van der Waals surface area contributed by atoms with Crippen molar-refractivity contribution < 1.29 is 9.15 Å². The summed E-state index contributed by atoms with van der Waals surface area (Å²) in [5.74, 6) is 2.16. The molecule has 0 saturated heterocycles. The average Bonchev–Trinajstić information content (AvgIpc) is 3.36. The van der Waals surface area contributed by atoms with Crippen molar-refractivity contribution in [2.24, 2.45) is 0 Å². The number of aromatic nitrogens is 2. The average molecular weight is 363 g/mol. The minimum Gasteiger partial charge on any atom is -0.490 e. The molecule has 0 unspecified atom stereocenters. The van der Waals surface area contributed by atoms with E-state index < -0.39 is 0 Å². The number of rotatable bonds is 7. The van der Waals surface area contributed by atoms with Gasteiger partial charge in [-0.2, -0.15) is 0 Å². The molecular formula is C22H25N3O2.